The van der Waals surface area contributed by atoms with E-state index in [-0.39, 0.29) is 17.9 Å². The Morgan fingerprint density at radius 2 is 1.65 bits per heavy atom. The molecule has 0 saturated carbocycles. The van der Waals surface area contributed by atoms with Gasteiger partial charge in [-0.05, 0) is 51.7 Å². The quantitative estimate of drug-likeness (QED) is 0.806. The van der Waals surface area contributed by atoms with E-state index in [0.29, 0.717) is 11.3 Å². The minimum absolute atomic E-state index is 0.129. The Labute approximate surface area is 137 Å². The molecule has 2 aliphatic heterocycles. The minimum Gasteiger partial charge on any atom is -0.366 e. The minimum atomic E-state index is -0.154. The fraction of sp³-hybridized carbons (Fsp3) is 0.474. The van der Waals surface area contributed by atoms with Crippen molar-refractivity contribution in [1.82, 2.24) is 9.80 Å². The third-order valence-electron chi connectivity index (χ3n) is 4.68. The van der Waals surface area contributed by atoms with Crippen LogP contribution in [0, 0.1) is 13.8 Å². The molecule has 0 atom stereocenters. The number of aryl methyl sites for hydroxylation is 2. The molecular formula is C19H24N2O2. The first kappa shape index (κ1) is 15.8. The number of benzene rings is 1. The predicted octanol–water partition coefficient (Wildman–Crippen LogP) is 2.89. The molecule has 4 heteroatoms. The summed E-state index contributed by atoms with van der Waals surface area (Å²) in [6.07, 6.45) is 2.15. The standard InChI is InChI=1S/C19H24N2O2/c1-12(2)21-18(22)16(15-8-7-13(3)11-14(15)4)17(19(21)23)20-9-5-6-10-20/h7-8,11-12H,5-6,9-10H2,1-4H3. The largest absolute Gasteiger partial charge is 0.366 e. The van der Waals surface area contributed by atoms with Crippen molar-refractivity contribution in [2.75, 3.05) is 13.1 Å². The number of nitrogens with zero attached hydrogens (tertiary/aromatic N) is 2. The Bertz CT molecular complexity index is 697. The Morgan fingerprint density at radius 1 is 1.00 bits per heavy atom. The lowest BCUT2D eigenvalue weighted by molar-refractivity contribution is -0.139. The first-order valence-electron chi connectivity index (χ1n) is 8.36. The zero-order chi connectivity index (χ0) is 16.7. The number of rotatable bonds is 3. The van der Waals surface area contributed by atoms with Gasteiger partial charge in [-0.3, -0.25) is 14.5 Å². The van der Waals surface area contributed by atoms with Gasteiger partial charge < -0.3 is 4.90 Å². The molecule has 3 rings (SSSR count). The maximum absolute atomic E-state index is 13.0. The molecule has 0 N–H and O–H groups in total. The van der Waals surface area contributed by atoms with Gasteiger partial charge in [0.25, 0.3) is 11.8 Å². The summed E-state index contributed by atoms with van der Waals surface area (Å²) in [6, 6.07) is 5.92. The van der Waals surface area contributed by atoms with E-state index < -0.39 is 0 Å². The molecule has 1 aromatic rings. The second-order valence-corrected chi connectivity index (χ2v) is 6.81. The van der Waals surface area contributed by atoms with E-state index >= 15 is 0 Å². The van der Waals surface area contributed by atoms with Crippen LogP contribution in [-0.4, -0.2) is 40.7 Å². The van der Waals surface area contributed by atoms with E-state index in [1.54, 1.807) is 0 Å². The van der Waals surface area contributed by atoms with E-state index in [1.807, 2.05) is 39.8 Å². The van der Waals surface area contributed by atoms with E-state index in [1.165, 1.54) is 4.90 Å². The molecule has 0 radical (unpaired) electrons. The lowest BCUT2D eigenvalue weighted by Gasteiger charge is -2.22. The summed E-state index contributed by atoms with van der Waals surface area (Å²) in [6.45, 7) is 9.54. The average Bonchev–Trinajstić information content (AvgIpc) is 3.05. The molecule has 2 amide bonds. The highest BCUT2D eigenvalue weighted by atomic mass is 16.2. The summed E-state index contributed by atoms with van der Waals surface area (Å²) < 4.78 is 0. The Morgan fingerprint density at radius 3 is 2.22 bits per heavy atom. The van der Waals surface area contributed by atoms with Gasteiger partial charge in [-0.1, -0.05) is 23.8 Å². The maximum atomic E-state index is 13.0. The predicted molar refractivity (Wildman–Crippen MR) is 90.6 cm³/mol. The SMILES string of the molecule is Cc1ccc(C2=C(N3CCCC3)C(=O)N(C(C)C)C2=O)c(C)c1. The highest BCUT2D eigenvalue weighted by molar-refractivity contribution is 6.35. The molecule has 1 saturated heterocycles. The van der Waals surface area contributed by atoms with Gasteiger partial charge in [-0.15, -0.1) is 0 Å². The normalized spacial score (nSPS) is 18.8. The number of carbonyl (C=O) groups is 2. The third kappa shape index (κ3) is 2.56. The van der Waals surface area contributed by atoms with Crippen LogP contribution in [0.4, 0.5) is 0 Å². The van der Waals surface area contributed by atoms with Gasteiger partial charge in [0, 0.05) is 19.1 Å². The Kier molecular flexibility index (Phi) is 4.00. The molecule has 0 bridgehead atoms. The number of hydrogen-bond acceptors (Lipinski definition) is 3. The van der Waals surface area contributed by atoms with Crippen molar-refractivity contribution in [2.24, 2.45) is 0 Å². The van der Waals surface area contributed by atoms with Gasteiger partial charge in [0.1, 0.15) is 5.70 Å². The van der Waals surface area contributed by atoms with Crippen LogP contribution in [0.3, 0.4) is 0 Å². The smallest absolute Gasteiger partial charge is 0.278 e. The van der Waals surface area contributed by atoms with Gasteiger partial charge in [0.15, 0.2) is 0 Å². The average molecular weight is 312 g/mol. The van der Waals surface area contributed by atoms with Crippen molar-refractivity contribution >= 4 is 17.4 Å². The molecule has 0 aromatic heterocycles. The first-order valence-corrected chi connectivity index (χ1v) is 8.36. The monoisotopic (exact) mass is 312 g/mol. The maximum Gasteiger partial charge on any atom is 0.278 e. The third-order valence-corrected chi connectivity index (χ3v) is 4.68. The molecule has 122 valence electrons. The summed E-state index contributed by atoms with van der Waals surface area (Å²) >= 11 is 0. The van der Waals surface area contributed by atoms with Crippen molar-refractivity contribution in [3.05, 3.63) is 40.6 Å². The van der Waals surface area contributed by atoms with Crippen LogP contribution in [0.25, 0.3) is 5.57 Å². The second kappa shape index (κ2) is 5.84. The van der Waals surface area contributed by atoms with Crippen LogP contribution in [0.5, 0.6) is 0 Å². The number of carbonyl (C=O) groups excluding carboxylic acids is 2. The van der Waals surface area contributed by atoms with E-state index in [4.69, 9.17) is 0 Å². The molecule has 23 heavy (non-hydrogen) atoms. The lowest BCUT2D eigenvalue weighted by Crippen LogP contribution is -2.39. The van der Waals surface area contributed by atoms with Crippen LogP contribution in [0.15, 0.2) is 23.9 Å². The topological polar surface area (TPSA) is 40.6 Å². The van der Waals surface area contributed by atoms with Crippen LogP contribution in [0.2, 0.25) is 0 Å². The van der Waals surface area contributed by atoms with Gasteiger partial charge >= 0.3 is 0 Å². The van der Waals surface area contributed by atoms with Crippen LogP contribution < -0.4 is 0 Å². The zero-order valence-corrected chi connectivity index (χ0v) is 14.3. The summed E-state index contributed by atoms with van der Waals surface area (Å²) in [5, 5.41) is 0. The van der Waals surface area contributed by atoms with Crippen LogP contribution in [-0.2, 0) is 9.59 Å². The fourth-order valence-electron chi connectivity index (χ4n) is 3.57. The van der Waals surface area contributed by atoms with Crippen LogP contribution in [0.1, 0.15) is 43.4 Å². The Hall–Kier alpha value is -2.10. The summed E-state index contributed by atoms with van der Waals surface area (Å²) in [4.78, 5) is 29.4. The van der Waals surface area contributed by atoms with Crippen molar-refractivity contribution in [2.45, 2.75) is 46.6 Å². The van der Waals surface area contributed by atoms with Gasteiger partial charge in [0.05, 0.1) is 5.57 Å². The first-order chi connectivity index (χ1) is 10.9. The molecule has 0 unspecified atom stereocenters. The van der Waals surface area contributed by atoms with Gasteiger partial charge in [-0.2, -0.15) is 0 Å². The zero-order valence-electron chi connectivity index (χ0n) is 14.3. The summed E-state index contributed by atoms with van der Waals surface area (Å²) in [5.74, 6) is -0.291. The van der Waals surface area contributed by atoms with Crippen molar-refractivity contribution < 1.29 is 9.59 Å². The Balaban J connectivity index is 2.17. The molecule has 1 aromatic carbocycles. The second-order valence-electron chi connectivity index (χ2n) is 6.81. The van der Waals surface area contributed by atoms with Crippen molar-refractivity contribution in [1.29, 1.82) is 0 Å². The fourth-order valence-corrected chi connectivity index (χ4v) is 3.57. The summed E-state index contributed by atoms with van der Waals surface area (Å²) in [7, 11) is 0. The molecular weight excluding hydrogens is 288 g/mol. The van der Waals surface area contributed by atoms with E-state index in [9.17, 15) is 9.59 Å². The molecule has 0 aliphatic carbocycles. The number of amides is 2. The lowest BCUT2D eigenvalue weighted by atomic mass is 9.97. The highest BCUT2D eigenvalue weighted by Gasteiger charge is 2.43. The molecule has 4 nitrogen and oxygen atoms in total. The molecule has 2 heterocycles. The number of imide groups is 1. The van der Waals surface area contributed by atoms with Crippen LogP contribution >= 0.6 is 0 Å². The number of hydrogen-bond donors (Lipinski definition) is 0. The van der Waals surface area contributed by atoms with E-state index in [0.717, 1.165) is 42.6 Å². The number of likely N-dealkylation sites (tertiary alicyclic amines) is 1. The van der Waals surface area contributed by atoms with Gasteiger partial charge in [-0.25, -0.2) is 0 Å². The molecule has 1 fully saturated rings. The highest BCUT2D eigenvalue weighted by Crippen LogP contribution is 2.35. The molecule has 0 spiro atoms. The summed E-state index contributed by atoms with van der Waals surface area (Å²) in [5.41, 5.74) is 4.28. The van der Waals surface area contributed by atoms with Gasteiger partial charge in [0.2, 0.25) is 0 Å². The van der Waals surface area contributed by atoms with Crippen molar-refractivity contribution in [3.8, 4) is 0 Å². The molecule has 2 aliphatic rings. The van der Waals surface area contributed by atoms with Crippen molar-refractivity contribution in [3.63, 3.8) is 0 Å². The van der Waals surface area contributed by atoms with E-state index in [2.05, 4.69) is 11.0 Å².